The van der Waals surface area contributed by atoms with Gasteiger partial charge in [0.15, 0.2) is 5.69 Å². The van der Waals surface area contributed by atoms with Crippen LogP contribution in [0.3, 0.4) is 0 Å². The molecule has 3 heterocycles. The summed E-state index contributed by atoms with van der Waals surface area (Å²) in [6.45, 7) is 0. The number of primary amides is 1. The van der Waals surface area contributed by atoms with Gasteiger partial charge < -0.3 is 11.1 Å². The van der Waals surface area contributed by atoms with E-state index in [2.05, 4.69) is 15.4 Å². The zero-order chi connectivity index (χ0) is 22.3. The van der Waals surface area contributed by atoms with E-state index in [0.717, 1.165) is 11.3 Å². The summed E-state index contributed by atoms with van der Waals surface area (Å²) in [4.78, 5) is 29.2. The fourth-order valence-corrected chi connectivity index (χ4v) is 4.92. The van der Waals surface area contributed by atoms with Crippen molar-refractivity contribution >= 4 is 61.6 Å². The molecule has 0 unspecified atom stereocenters. The van der Waals surface area contributed by atoms with Crippen LogP contribution in [0.1, 0.15) is 32.3 Å². The van der Waals surface area contributed by atoms with Gasteiger partial charge in [-0.15, -0.1) is 11.3 Å². The molecule has 0 saturated carbocycles. The Hall–Kier alpha value is -2.93. The number of aromatic nitrogens is 3. The van der Waals surface area contributed by atoms with Crippen molar-refractivity contribution in [2.75, 3.05) is 5.32 Å². The molecule has 11 heteroatoms. The van der Waals surface area contributed by atoms with Gasteiger partial charge in [-0.05, 0) is 39.8 Å². The highest BCUT2D eigenvalue weighted by Gasteiger charge is 2.26. The second kappa shape index (κ2) is 8.30. The van der Waals surface area contributed by atoms with Crippen molar-refractivity contribution in [3.63, 3.8) is 0 Å². The molecule has 0 aliphatic rings. The maximum Gasteiger partial charge on any atom is 0.280 e. The average molecular weight is 553 g/mol. The Balaban J connectivity index is 1.97. The number of aryl methyl sites for hydroxylation is 1. The van der Waals surface area contributed by atoms with Crippen molar-refractivity contribution < 1.29 is 18.4 Å². The Morgan fingerprint density at radius 2 is 1.97 bits per heavy atom. The number of fused-ring (bicyclic) bond motifs is 1. The monoisotopic (exact) mass is 553 g/mol. The third-order valence-electron chi connectivity index (χ3n) is 4.45. The lowest BCUT2D eigenvalue weighted by atomic mass is 10.0. The molecule has 0 bridgehead atoms. The molecule has 0 aliphatic carbocycles. The van der Waals surface area contributed by atoms with Gasteiger partial charge in [0.05, 0.1) is 9.26 Å². The number of amides is 2. The van der Waals surface area contributed by atoms with Crippen molar-refractivity contribution in [2.24, 2.45) is 12.8 Å². The largest absolute Gasteiger partial charge is 0.365 e. The summed E-state index contributed by atoms with van der Waals surface area (Å²) in [5.74, 6) is -1.35. The fraction of sp³-hybridized carbons (Fsp3) is 0.100. The van der Waals surface area contributed by atoms with Crippen molar-refractivity contribution in [3.8, 4) is 11.1 Å². The number of nitrogens with zero attached hydrogens (tertiary/aromatic N) is 3. The first-order valence-electron chi connectivity index (χ1n) is 8.87. The van der Waals surface area contributed by atoms with Gasteiger partial charge in [0.2, 0.25) is 0 Å². The van der Waals surface area contributed by atoms with E-state index < -0.39 is 23.9 Å². The van der Waals surface area contributed by atoms with E-state index >= 15 is 0 Å². The molecule has 3 N–H and O–H groups in total. The van der Waals surface area contributed by atoms with Crippen LogP contribution in [0, 0.1) is 3.57 Å². The van der Waals surface area contributed by atoms with E-state index in [1.54, 1.807) is 43.6 Å². The quantitative estimate of drug-likeness (QED) is 0.353. The minimum Gasteiger partial charge on any atom is -0.365 e. The summed E-state index contributed by atoms with van der Waals surface area (Å²) in [6, 6.07) is 10.1. The van der Waals surface area contributed by atoms with Crippen LogP contribution in [0.15, 0.2) is 42.6 Å². The molecule has 4 rings (SSSR count). The molecule has 2 amide bonds. The van der Waals surface area contributed by atoms with E-state index in [9.17, 15) is 18.4 Å². The van der Waals surface area contributed by atoms with E-state index in [-0.39, 0.29) is 21.1 Å². The summed E-state index contributed by atoms with van der Waals surface area (Å²) in [5.41, 5.74) is 6.45. The smallest absolute Gasteiger partial charge is 0.280 e. The number of carbonyl (C=O) groups excluding carboxylic acids is 2. The van der Waals surface area contributed by atoms with Crippen LogP contribution in [0.25, 0.3) is 21.3 Å². The van der Waals surface area contributed by atoms with E-state index in [0.29, 0.717) is 20.1 Å². The number of hydrogen-bond donors (Lipinski definition) is 2. The van der Waals surface area contributed by atoms with Gasteiger partial charge in [-0.25, -0.2) is 13.8 Å². The number of thiophene rings is 1. The first-order chi connectivity index (χ1) is 14.8. The molecular formula is C20H14F2IN5O2S. The van der Waals surface area contributed by atoms with Crippen molar-refractivity contribution in [3.05, 3.63) is 62.4 Å². The van der Waals surface area contributed by atoms with Crippen LogP contribution < -0.4 is 11.1 Å². The number of pyridine rings is 1. The van der Waals surface area contributed by atoms with Crippen LogP contribution >= 0.6 is 33.9 Å². The zero-order valence-corrected chi connectivity index (χ0v) is 18.9. The molecule has 158 valence electrons. The molecule has 0 radical (unpaired) electrons. The Morgan fingerprint density at radius 3 is 2.55 bits per heavy atom. The maximum atomic E-state index is 13.5. The molecule has 0 atom stereocenters. The number of alkyl halides is 2. The first kappa shape index (κ1) is 21.3. The van der Waals surface area contributed by atoms with Gasteiger partial charge in [-0.3, -0.25) is 14.3 Å². The van der Waals surface area contributed by atoms with Crippen LogP contribution in [0.2, 0.25) is 0 Å². The highest BCUT2D eigenvalue weighted by Crippen LogP contribution is 2.42. The third-order valence-corrected chi connectivity index (χ3v) is 6.34. The molecule has 31 heavy (non-hydrogen) atoms. The molecule has 0 fully saturated rings. The second-order valence-electron chi connectivity index (χ2n) is 6.57. The number of nitrogens with two attached hydrogens (primary N) is 1. The molecular weight excluding hydrogens is 539 g/mol. The number of halogens is 3. The van der Waals surface area contributed by atoms with Crippen molar-refractivity contribution in [2.45, 2.75) is 6.43 Å². The van der Waals surface area contributed by atoms with E-state index in [4.69, 9.17) is 5.73 Å². The molecule has 7 nitrogen and oxygen atoms in total. The normalized spacial score (nSPS) is 11.3. The van der Waals surface area contributed by atoms with Gasteiger partial charge in [-0.2, -0.15) is 5.10 Å². The van der Waals surface area contributed by atoms with E-state index in [1.165, 1.54) is 10.7 Å². The predicted octanol–water partition coefficient (Wildman–Crippen LogP) is 4.59. The molecule has 0 saturated heterocycles. The number of carbonyl (C=O) groups is 2. The van der Waals surface area contributed by atoms with Crippen molar-refractivity contribution in [1.29, 1.82) is 0 Å². The maximum absolute atomic E-state index is 13.5. The molecule has 0 aliphatic heterocycles. The molecule has 0 spiro atoms. The summed E-state index contributed by atoms with van der Waals surface area (Å²) < 4.78 is 29.1. The Bertz CT molecular complexity index is 1320. The highest BCUT2D eigenvalue weighted by atomic mass is 127. The topological polar surface area (TPSA) is 103 Å². The lowest BCUT2D eigenvalue weighted by Crippen LogP contribution is -2.18. The fourth-order valence-electron chi connectivity index (χ4n) is 3.15. The highest BCUT2D eigenvalue weighted by molar-refractivity contribution is 14.1. The van der Waals surface area contributed by atoms with Gasteiger partial charge in [0.1, 0.15) is 15.4 Å². The van der Waals surface area contributed by atoms with Gasteiger partial charge >= 0.3 is 0 Å². The van der Waals surface area contributed by atoms with E-state index in [1.807, 2.05) is 22.6 Å². The second-order valence-corrected chi connectivity index (χ2v) is 8.73. The van der Waals surface area contributed by atoms with Crippen molar-refractivity contribution in [1.82, 2.24) is 14.8 Å². The number of benzene rings is 1. The van der Waals surface area contributed by atoms with Crippen LogP contribution in [-0.4, -0.2) is 26.6 Å². The lowest BCUT2D eigenvalue weighted by Gasteiger charge is -2.10. The third kappa shape index (κ3) is 4.02. The summed E-state index contributed by atoms with van der Waals surface area (Å²) in [6.07, 6.45) is -1.14. The minimum absolute atomic E-state index is 0.0189. The minimum atomic E-state index is -2.81. The van der Waals surface area contributed by atoms with Gasteiger partial charge in [-0.1, -0.05) is 30.3 Å². The number of hydrogen-bond acceptors (Lipinski definition) is 5. The number of rotatable bonds is 5. The first-order valence-corrected chi connectivity index (χ1v) is 10.8. The van der Waals surface area contributed by atoms with Gasteiger partial charge in [0.25, 0.3) is 18.2 Å². The Labute approximate surface area is 192 Å². The summed E-state index contributed by atoms with van der Waals surface area (Å²) in [7, 11) is 1.68. The molecule has 3 aromatic heterocycles. The molecule has 1 aromatic carbocycles. The Morgan fingerprint density at radius 1 is 1.26 bits per heavy atom. The lowest BCUT2D eigenvalue weighted by molar-refractivity contribution is 0.100. The standard InChI is InChI=1S/C20H14F2IN5O2S/c1-28-8-11(23)14(27-28)19(30)26-15-13-10(9-5-3-2-4-6-9)7-12(17(21)22)25-20(13)31-16(15)18(24)29/h2-8,17H,1H3,(H2,24,29)(H,26,30). The zero-order valence-electron chi connectivity index (χ0n) is 15.9. The molecule has 4 aromatic rings. The number of anilines is 1. The van der Waals surface area contributed by atoms with Gasteiger partial charge in [0, 0.05) is 18.6 Å². The summed E-state index contributed by atoms with van der Waals surface area (Å²) in [5, 5.41) is 7.21. The van der Waals surface area contributed by atoms with Crippen LogP contribution in [-0.2, 0) is 7.05 Å². The van der Waals surface area contributed by atoms with Crippen LogP contribution in [0.4, 0.5) is 14.5 Å². The SMILES string of the molecule is Cn1cc(I)c(C(=O)Nc2c(C(N)=O)sc3nc(C(F)F)cc(-c4ccccc4)c23)n1. The number of nitrogens with one attached hydrogen (secondary N) is 1. The average Bonchev–Trinajstić information content (AvgIpc) is 3.27. The Kier molecular flexibility index (Phi) is 5.71. The van der Waals surface area contributed by atoms with Crippen LogP contribution in [0.5, 0.6) is 0 Å². The summed E-state index contributed by atoms with van der Waals surface area (Å²) >= 11 is 2.83. The predicted molar refractivity (Wildman–Crippen MR) is 122 cm³/mol.